The van der Waals surface area contributed by atoms with Crippen LogP contribution in [0.15, 0.2) is 72.8 Å². The Kier molecular flexibility index (Phi) is 7.31. The highest BCUT2D eigenvalue weighted by atomic mass is 16.6. The van der Waals surface area contributed by atoms with Crippen molar-refractivity contribution >= 4 is 16.9 Å². The lowest BCUT2D eigenvalue weighted by atomic mass is 9.93. The average molecular weight is 447 g/mol. The maximum absolute atomic E-state index is 12.7. The Hall–Kier alpha value is -2.89. The Bertz CT molecular complexity index is 1070. The molecule has 2 N–H and O–H groups in total. The van der Waals surface area contributed by atoms with Gasteiger partial charge in [-0.1, -0.05) is 72.8 Å². The molecular weight excluding hydrogens is 412 g/mol. The van der Waals surface area contributed by atoms with Crippen LogP contribution in [0.2, 0.25) is 0 Å². The fraction of sp³-hybridized carbons (Fsp3) is 0.393. The molecule has 0 bridgehead atoms. The highest BCUT2D eigenvalue weighted by molar-refractivity contribution is 5.83. The van der Waals surface area contributed by atoms with Crippen LogP contribution in [-0.4, -0.2) is 46.9 Å². The normalized spacial score (nSPS) is 17.3. The van der Waals surface area contributed by atoms with E-state index in [2.05, 4.69) is 61.6 Å². The molecule has 0 aromatic heterocycles. The topological polar surface area (TPSA) is 61.8 Å². The molecule has 1 aliphatic rings. The molecule has 0 spiro atoms. The molecule has 0 saturated carbocycles. The van der Waals surface area contributed by atoms with E-state index in [0.29, 0.717) is 13.1 Å². The largest absolute Gasteiger partial charge is 0.445 e. The van der Waals surface area contributed by atoms with Gasteiger partial charge in [-0.2, -0.15) is 0 Å². The molecule has 1 aliphatic heterocycles. The third kappa shape index (κ3) is 6.12. The molecule has 174 valence electrons. The van der Waals surface area contributed by atoms with Gasteiger partial charge in [-0.25, -0.2) is 4.79 Å². The van der Waals surface area contributed by atoms with Gasteiger partial charge >= 0.3 is 6.09 Å². The molecule has 5 heteroatoms. The Morgan fingerprint density at radius 2 is 1.79 bits per heavy atom. The van der Waals surface area contributed by atoms with E-state index in [9.17, 15) is 9.90 Å². The maximum atomic E-state index is 12.7. The number of hydrogen-bond acceptors (Lipinski definition) is 4. The lowest BCUT2D eigenvalue weighted by Crippen LogP contribution is -2.51. The van der Waals surface area contributed by atoms with E-state index in [-0.39, 0.29) is 24.3 Å². The van der Waals surface area contributed by atoms with Crippen molar-refractivity contribution < 1.29 is 14.6 Å². The van der Waals surface area contributed by atoms with Gasteiger partial charge < -0.3 is 20.1 Å². The van der Waals surface area contributed by atoms with Crippen LogP contribution in [0, 0.1) is 0 Å². The number of nitrogens with zero attached hydrogens (tertiary/aromatic N) is 1. The molecule has 4 rings (SSSR count). The number of aliphatic hydroxyl groups excluding tert-OH is 1. The minimum absolute atomic E-state index is 0.194. The molecule has 0 radical (unpaired) electrons. The van der Waals surface area contributed by atoms with Gasteiger partial charge in [0, 0.05) is 18.6 Å². The summed E-state index contributed by atoms with van der Waals surface area (Å²) in [5, 5.41) is 16.9. The van der Waals surface area contributed by atoms with Gasteiger partial charge in [-0.15, -0.1) is 0 Å². The first-order chi connectivity index (χ1) is 15.9. The average Bonchev–Trinajstić information content (AvgIpc) is 3.32. The van der Waals surface area contributed by atoms with Gasteiger partial charge in [0.05, 0.1) is 12.1 Å². The quantitative estimate of drug-likeness (QED) is 0.516. The zero-order valence-electron chi connectivity index (χ0n) is 19.5. The first-order valence-electron chi connectivity index (χ1n) is 11.8. The number of carbonyl (C=O) groups is 1. The fourth-order valence-corrected chi connectivity index (χ4v) is 4.66. The monoisotopic (exact) mass is 446 g/mol. The summed E-state index contributed by atoms with van der Waals surface area (Å²) >= 11 is 0. The number of ether oxygens (including phenoxy) is 1. The Morgan fingerprint density at radius 3 is 2.58 bits per heavy atom. The second kappa shape index (κ2) is 10.4. The molecule has 2 atom stereocenters. The fourth-order valence-electron chi connectivity index (χ4n) is 4.66. The number of likely N-dealkylation sites (tertiary alicyclic amines) is 1. The third-order valence-electron chi connectivity index (χ3n) is 6.43. The number of nitrogens with one attached hydrogen (secondary N) is 1. The number of fused-ring (bicyclic) bond motifs is 1. The molecule has 1 saturated heterocycles. The van der Waals surface area contributed by atoms with Crippen LogP contribution in [-0.2, 0) is 17.8 Å². The Labute approximate surface area is 196 Å². The van der Waals surface area contributed by atoms with Crippen LogP contribution >= 0.6 is 0 Å². The molecule has 2 unspecified atom stereocenters. The minimum Gasteiger partial charge on any atom is -0.445 e. The first kappa shape index (κ1) is 23.3. The van der Waals surface area contributed by atoms with Crippen molar-refractivity contribution in [1.82, 2.24) is 10.2 Å². The van der Waals surface area contributed by atoms with Gasteiger partial charge in [0.1, 0.15) is 6.61 Å². The predicted octanol–water partition coefficient (Wildman–Crippen LogP) is 4.91. The smallest absolute Gasteiger partial charge is 0.410 e. The van der Waals surface area contributed by atoms with Crippen LogP contribution in [0.4, 0.5) is 4.79 Å². The highest BCUT2D eigenvalue weighted by Gasteiger charge is 2.35. The highest BCUT2D eigenvalue weighted by Crippen LogP contribution is 2.23. The zero-order valence-corrected chi connectivity index (χ0v) is 19.5. The molecule has 1 amide bonds. The Balaban J connectivity index is 1.30. The zero-order chi connectivity index (χ0) is 23.3. The third-order valence-corrected chi connectivity index (χ3v) is 6.43. The van der Waals surface area contributed by atoms with Crippen molar-refractivity contribution in [2.45, 2.75) is 57.4 Å². The van der Waals surface area contributed by atoms with Crippen LogP contribution in [0.3, 0.4) is 0 Å². The molecule has 3 aromatic rings. The van der Waals surface area contributed by atoms with Crippen molar-refractivity contribution in [3.05, 3.63) is 83.9 Å². The van der Waals surface area contributed by atoms with E-state index >= 15 is 0 Å². The molecular formula is C28H34N2O3. The van der Waals surface area contributed by atoms with E-state index in [1.54, 1.807) is 4.90 Å². The maximum Gasteiger partial charge on any atom is 0.410 e. The van der Waals surface area contributed by atoms with Crippen LogP contribution < -0.4 is 5.32 Å². The van der Waals surface area contributed by atoms with Gasteiger partial charge in [0.15, 0.2) is 0 Å². The predicted molar refractivity (Wildman–Crippen MR) is 132 cm³/mol. The van der Waals surface area contributed by atoms with E-state index < -0.39 is 6.10 Å². The number of benzene rings is 3. The van der Waals surface area contributed by atoms with Crippen molar-refractivity contribution in [3.8, 4) is 0 Å². The van der Waals surface area contributed by atoms with Crippen LogP contribution in [0.25, 0.3) is 10.8 Å². The molecule has 1 fully saturated rings. The van der Waals surface area contributed by atoms with Gasteiger partial charge in [-0.05, 0) is 55.0 Å². The molecule has 5 nitrogen and oxygen atoms in total. The number of β-amino-alcohol motifs (C(OH)–C–C–N with tert-alkyl or cyclic N) is 1. The number of hydrogen-bond donors (Lipinski definition) is 2. The van der Waals surface area contributed by atoms with Crippen molar-refractivity contribution in [3.63, 3.8) is 0 Å². The summed E-state index contributed by atoms with van der Waals surface area (Å²) in [6.45, 7) is 5.59. The second-order valence-corrected chi connectivity index (χ2v) is 9.63. The summed E-state index contributed by atoms with van der Waals surface area (Å²) in [6.07, 6.45) is 1.51. The van der Waals surface area contributed by atoms with Gasteiger partial charge in [0.25, 0.3) is 0 Å². The summed E-state index contributed by atoms with van der Waals surface area (Å²) in [4.78, 5) is 14.3. The lowest BCUT2D eigenvalue weighted by Gasteiger charge is -2.32. The SMILES string of the molecule is CC(C)(Cc1ccc2ccccc2c1)NCC(O)C1CCCN1C(=O)OCc1ccccc1. The molecule has 0 aliphatic carbocycles. The standard InChI is InChI=1S/C28H34N2O3/c1-28(2,18-22-14-15-23-11-6-7-12-24(23)17-22)29-19-26(31)25-13-8-16-30(25)27(32)33-20-21-9-4-3-5-10-21/h3-7,9-12,14-15,17,25-26,29,31H,8,13,16,18-20H2,1-2H3. The first-order valence-corrected chi connectivity index (χ1v) is 11.8. The number of rotatable bonds is 8. The summed E-state index contributed by atoms with van der Waals surface area (Å²) in [5.41, 5.74) is 2.02. The summed E-state index contributed by atoms with van der Waals surface area (Å²) in [7, 11) is 0. The van der Waals surface area contributed by atoms with Crippen molar-refractivity contribution in [2.75, 3.05) is 13.1 Å². The second-order valence-electron chi connectivity index (χ2n) is 9.63. The summed E-state index contributed by atoms with van der Waals surface area (Å²) in [6, 6.07) is 24.4. The van der Waals surface area contributed by atoms with E-state index in [1.807, 2.05) is 30.3 Å². The summed E-state index contributed by atoms with van der Waals surface area (Å²) < 4.78 is 5.51. The molecule has 33 heavy (non-hydrogen) atoms. The van der Waals surface area contributed by atoms with Gasteiger partial charge in [-0.3, -0.25) is 0 Å². The lowest BCUT2D eigenvalue weighted by molar-refractivity contribution is 0.0454. The van der Waals surface area contributed by atoms with Crippen LogP contribution in [0.5, 0.6) is 0 Å². The number of carbonyl (C=O) groups excluding carboxylic acids is 1. The van der Waals surface area contributed by atoms with E-state index in [1.165, 1.54) is 16.3 Å². The molecule has 3 aromatic carbocycles. The van der Waals surface area contributed by atoms with E-state index in [4.69, 9.17) is 4.74 Å². The van der Waals surface area contributed by atoms with Crippen LogP contribution in [0.1, 0.15) is 37.8 Å². The van der Waals surface area contributed by atoms with Gasteiger partial charge in [0.2, 0.25) is 0 Å². The number of aliphatic hydroxyl groups is 1. The van der Waals surface area contributed by atoms with Crippen molar-refractivity contribution in [1.29, 1.82) is 0 Å². The number of amides is 1. The minimum atomic E-state index is -0.646. The van der Waals surface area contributed by atoms with E-state index in [0.717, 1.165) is 24.8 Å². The summed E-state index contributed by atoms with van der Waals surface area (Å²) in [5.74, 6) is 0. The van der Waals surface area contributed by atoms with Crippen molar-refractivity contribution in [2.24, 2.45) is 0 Å². The Morgan fingerprint density at radius 1 is 1.06 bits per heavy atom. The molecule has 1 heterocycles.